The number of alkyl halides is 3. The zero-order valence-electron chi connectivity index (χ0n) is 12.0. The summed E-state index contributed by atoms with van der Waals surface area (Å²) in [6, 6.07) is 4.96. The first-order chi connectivity index (χ1) is 11.2. The van der Waals surface area contributed by atoms with Gasteiger partial charge in [0.15, 0.2) is 5.13 Å². The maximum absolute atomic E-state index is 12.7. The Bertz CT molecular complexity index is 784. The van der Waals surface area contributed by atoms with E-state index in [1.54, 1.807) is 6.07 Å². The van der Waals surface area contributed by atoms with Gasteiger partial charge < -0.3 is 5.11 Å². The van der Waals surface area contributed by atoms with Gasteiger partial charge in [-0.3, -0.25) is 10.1 Å². The van der Waals surface area contributed by atoms with Gasteiger partial charge in [-0.05, 0) is 11.6 Å². The number of aromatic nitrogens is 1. The minimum Gasteiger partial charge on any atom is -0.478 e. The summed E-state index contributed by atoms with van der Waals surface area (Å²) < 4.78 is 38.0. The number of aliphatic carboxylic acids is 1. The number of rotatable bonds is 5. The van der Waals surface area contributed by atoms with E-state index in [4.69, 9.17) is 5.11 Å². The van der Waals surface area contributed by atoms with Crippen molar-refractivity contribution >= 4 is 28.3 Å². The first kappa shape index (κ1) is 17.7. The third-order valence-electron chi connectivity index (χ3n) is 2.79. The molecule has 2 N–H and O–H groups in total. The Morgan fingerprint density at radius 2 is 2.04 bits per heavy atom. The summed E-state index contributed by atoms with van der Waals surface area (Å²) in [5, 5.41) is 11.0. The van der Waals surface area contributed by atoms with E-state index < -0.39 is 23.6 Å². The number of carbonyl (C=O) groups is 2. The summed E-state index contributed by atoms with van der Waals surface area (Å²) in [6.07, 6.45) is -1.19. The van der Waals surface area contributed by atoms with E-state index in [1.165, 1.54) is 12.3 Å². The summed E-state index contributed by atoms with van der Waals surface area (Å²) >= 11 is 1.10. The number of hydrogen-bond acceptors (Lipinski definition) is 4. The van der Waals surface area contributed by atoms with Gasteiger partial charge in [0.2, 0.25) is 5.91 Å². The lowest BCUT2D eigenvalue weighted by atomic mass is 10.1. The van der Waals surface area contributed by atoms with Crippen LogP contribution in [0, 0.1) is 0 Å². The van der Waals surface area contributed by atoms with Gasteiger partial charge in [0, 0.05) is 29.6 Å². The fourth-order valence-electron chi connectivity index (χ4n) is 1.80. The number of thiazole rings is 1. The monoisotopic (exact) mass is 356 g/mol. The van der Waals surface area contributed by atoms with Crippen LogP contribution in [0.25, 0.3) is 0 Å². The van der Waals surface area contributed by atoms with E-state index in [0.717, 1.165) is 29.5 Å². The highest BCUT2D eigenvalue weighted by Gasteiger charge is 2.30. The molecule has 0 aliphatic carbocycles. The van der Waals surface area contributed by atoms with Crippen molar-refractivity contribution in [2.45, 2.75) is 12.6 Å². The Morgan fingerprint density at radius 1 is 1.29 bits per heavy atom. The summed E-state index contributed by atoms with van der Waals surface area (Å²) in [4.78, 5) is 26.3. The molecule has 24 heavy (non-hydrogen) atoms. The molecular weight excluding hydrogens is 345 g/mol. The van der Waals surface area contributed by atoms with Crippen molar-refractivity contribution in [1.82, 2.24) is 4.98 Å². The highest BCUT2D eigenvalue weighted by atomic mass is 32.1. The predicted octanol–water partition coefficient (Wildman–Crippen LogP) is 3.33. The number of amides is 1. The molecule has 0 radical (unpaired) electrons. The molecule has 1 aromatic heterocycles. The highest BCUT2D eigenvalue weighted by molar-refractivity contribution is 7.15. The zero-order chi connectivity index (χ0) is 17.7. The molecule has 0 unspecified atom stereocenters. The number of anilines is 1. The van der Waals surface area contributed by atoms with Crippen molar-refractivity contribution in [3.8, 4) is 0 Å². The third kappa shape index (κ3) is 5.20. The van der Waals surface area contributed by atoms with Crippen LogP contribution in [0.5, 0.6) is 0 Å². The Labute approximate surface area is 138 Å². The molecule has 126 valence electrons. The predicted molar refractivity (Wildman–Crippen MR) is 81.8 cm³/mol. The maximum Gasteiger partial charge on any atom is 0.416 e. The average Bonchev–Trinajstić information content (AvgIpc) is 2.91. The third-order valence-corrected chi connectivity index (χ3v) is 3.71. The number of halogens is 3. The molecule has 0 aliphatic heterocycles. The number of carboxylic acids is 1. The van der Waals surface area contributed by atoms with Crippen molar-refractivity contribution in [3.05, 3.63) is 58.6 Å². The van der Waals surface area contributed by atoms with E-state index in [0.29, 0.717) is 16.5 Å². The Balaban J connectivity index is 2.04. The van der Waals surface area contributed by atoms with E-state index in [9.17, 15) is 22.8 Å². The number of carbonyl (C=O) groups excluding carboxylic acids is 1. The fourth-order valence-corrected chi connectivity index (χ4v) is 2.65. The van der Waals surface area contributed by atoms with E-state index in [-0.39, 0.29) is 11.6 Å². The molecule has 2 rings (SSSR count). The lowest BCUT2D eigenvalue weighted by molar-refractivity contribution is -0.137. The molecule has 0 fully saturated rings. The summed E-state index contributed by atoms with van der Waals surface area (Å²) in [5.74, 6) is -1.91. The van der Waals surface area contributed by atoms with Crippen LogP contribution in [-0.4, -0.2) is 22.0 Å². The summed E-state index contributed by atoms with van der Waals surface area (Å²) in [5.41, 5.74) is -0.256. The van der Waals surface area contributed by atoms with Gasteiger partial charge in [-0.1, -0.05) is 18.2 Å². The smallest absolute Gasteiger partial charge is 0.416 e. The number of benzene rings is 1. The molecule has 5 nitrogen and oxygen atoms in total. The topological polar surface area (TPSA) is 79.3 Å². The van der Waals surface area contributed by atoms with Crippen molar-refractivity contribution in [2.24, 2.45) is 0 Å². The largest absolute Gasteiger partial charge is 0.478 e. The van der Waals surface area contributed by atoms with Crippen LogP contribution < -0.4 is 5.32 Å². The molecule has 0 saturated heterocycles. The summed E-state index contributed by atoms with van der Waals surface area (Å²) in [7, 11) is 0. The van der Waals surface area contributed by atoms with Crippen LogP contribution in [0.2, 0.25) is 0 Å². The second-order valence-electron chi connectivity index (χ2n) is 4.67. The molecule has 0 spiro atoms. The van der Waals surface area contributed by atoms with Crippen molar-refractivity contribution in [1.29, 1.82) is 0 Å². The van der Waals surface area contributed by atoms with Crippen LogP contribution >= 0.6 is 11.3 Å². The highest BCUT2D eigenvalue weighted by Crippen LogP contribution is 2.30. The van der Waals surface area contributed by atoms with E-state index in [1.807, 2.05) is 0 Å². The zero-order valence-corrected chi connectivity index (χ0v) is 12.8. The van der Waals surface area contributed by atoms with Gasteiger partial charge in [-0.15, -0.1) is 11.3 Å². The van der Waals surface area contributed by atoms with Crippen LogP contribution in [0.4, 0.5) is 18.3 Å². The Kier molecular flexibility index (Phi) is 5.35. The number of nitrogens with one attached hydrogen (secondary N) is 1. The normalized spacial score (nSPS) is 11.6. The van der Waals surface area contributed by atoms with Crippen LogP contribution in [0.15, 0.2) is 42.6 Å². The second-order valence-corrected chi connectivity index (χ2v) is 5.78. The molecule has 1 aromatic carbocycles. The standard InChI is InChI=1S/C15H11F3N2O3S/c16-15(17,18)10-3-1-2-9(6-10)7-11-8-19-14(24-11)20-12(21)4-5-13(22)23/h1-6,8H,7H2,(H,22,23)(H,19,20,21)/b5-4+. The SMILES string of the molecule is O=C(O)/C=C/C(=O)Nc1ncc(Cc2cccc(C(F)(F)F)c2)s1. The molecule has 1 heterocycles. The quantitative estimate of drug-likeness (QED) is 0.806. The van der Waals surface area contributed by atoms with Crippen molar-refractivity contribution < 1.29 is 27.9 Å². The molecular formula is C15H11F3N2O3S. The first-order valence-corrected chi connectivity index (χ1v) is 7.38. The maximum atomic E-state index is 12.7. The first-order valence-electron chi connectivity index (χ1n) is 6.57. The lowest BCUT2D eigenvalue weighted by Gasteiger charge is -2.07. The molecule has 0 atom stereocenters. The van der Waals surface area contributed by atoms with Crippen LogP contribution in [-0.2, 0) is 22.2 Å². The minimum atomic E-state index is -4.40. The number of hydrogen-bond donors (Lipinski definition) is 2. The molecule has 0 saturated carbocycles. The van der Waals surface area contributed by atoms with Gasteiger partial charge in [-0.2, -0.15) is 13.2 Å². The number of nitrogens with zero attached hydrogens (tertiary/aromatic N) is 1. The van der Waals surface area contributed by atoms with E-state index in [2.05, 4.69) is 10.3 Å². The summed E-state index contributed by atoms with van der Waals surface area (Å²) in [6.45, 7) is 0. The lowest BCUT2D eigenvalue weighted by Crippen LogP contribution is -2.08. The van der Waals surface area contributed by atoms with Crippen LogP contribution in [0.3, 0.4) is 0 Å². The van der Waals surface area contributed by atoms with Crippen LogP contribution in [0.1, 0.15) is 16.0 Å². The van der Waals surface area contributed by atoms with Crippen molar-refractivity contribution in [2.75, 3.05) is 5.32 Å². The van der Waals surface area contributed by atoms with Gasteiger partial charge in [0.25, 0.3) is 0 Å². The number of carboxylic acid groups (broad SMARTS) is 1. The van der Waals surface area contributed by atoms with Gasteiger partial charge in [0.05, 0.1) is 5.56 Å². The molecule has 1 amide bonds. The van der Waals surface area contributed by atoms with Gasteiger partial charge in [0.1, 0.15) is 0 Å². The second kappa shape index (κ2) is 7.26. The molecule has 9 heteroatoms. The Morgan fingerprint density at radius 3 is 2.71 bits per heavy atom. The average molecular weight is 356 g/mol. The van der Waals surface area contributed by atoms with E-state index >= 15 is 0 Å². The molecule has 0 bridgehead atoms. The van der Waals surface area contributed by atoms with Gasteiger partial charge in [-0.25, -0.2) is 9.78 Å². The fraction of sp³-hybridized carbons (Fsp3) is 0.133. The van der Waals surface area contributed by atoms with Gasteiger partial charge >= 0.3 is 12.1 Å². The molecule has 0 aliphatic rings. The molecule has 2 aromatic rings. The van der Waals surface area contributed by atoms with Crippen molar-refractivity contribution in [3.63, 3.8) is 0 Å². The Hall–Kier alpha value is -2.68. The minimum absolute atomic E-state index is 0.233.